The fourth-order valence-corrected chi connectivity index (χ4v) is 9.26. The zero-order valence-electron chi connectivity index (χ0n) is 26.1. The smallest absolute Gasteiger partial charge is 0.264 e. The van der Waals surface area contributed by atoms with Gasteiger partial charge in [0.25, 0.3) is 5.91 Å². The number of fused-ring (bicyclic) bond motifs is 4. The SMILES string of the molecule is CO[C@H]1/C=C/CC[C@@H](C(=O)N(C)C)S(=O)(=O)NC(=O)c2ccc3c(c2)N(C[C@@H]2CC[C@H]21)C[C@@]1(CCCc2cc(Cl)ccc21)CO3. The van der Waals surface area contributed by atoms with Gasteiger partial charge in [0.05, 0.1) is 18.4 Å². The van der Waals surface area contributed by atoms with Gasteiger partial charge in [0.2, 0.25) is 15.9 Å². The molecule has 4 aliphatic rings. The molecule has 2 aromatic rings. The third-order valence-corrected chi connectivity index (χ3v) is 12.1. The molecule has 11 heteroatoms. The largest absolute Gasteiger partial charge is 0.490 e. The van der Waals surface area contributed by atoms with Gasteiger partial charge in [0.1, 0.15) is 5.75 Å². The lowest BCUT2D eigenvalue weighted by Crippen LogP contribution is -2.49. The Kier molecular flexibility index (Phi) is 8.93. The second-order valence-electron chi connectivity index (χ2n) is 13.2. The van der Waals surface area contributed by atoms with Crippen molar-refractivity contribution in [1.82, 2.24) is 9.62 Å². The molecule has 242 valence electrons. The Morgan fingerprint density at radius 1 is 1.16 bits per heavy atom. The summed E-state index contributed by atoms with van der Waals surface area (Å²) >= 11 is 6.41. The van der Waals surface area contributed by atoms with Crippen molar-refractivity contribution in [2.24, 2.45) is 11.8 Å². The molecule has 45 heavy (non-hydrogen) atoms. The summed E-state index contributed by atoms with van der Waals surface area (Å²) in [6.45, 7) is 1.92. The van der Waals surface area contributed by atoms with Crippen molar-refractivity contribution >= 4 is 39.1 Å². The number of ether oxygens (including phenoxy) is 2. The number of sulfonamides is 1. The second kappa shape index (κ2) is 12.6. The Labute approximate surface area is 270 Å². The van der Waals surface area contributed by atoms with Crippen molar-refractivity contribution in [2.45, 2.75) is 61.7 Å². The normalized spacial score (nSPS) is 30.0. The van der Waals surface area contributed by atoms with E-state index in [0.29, 0.717) is 31.2 Å². The first-order chi connectivity index (χ1) is 21.5. The third-order valence-electron chi connectivity index (χ3n) is 10.2. The maximum absolute atomic E-state index is 13.5. The molecule has 1 N–H and O–H groups in total. The van der Waals surface area contributed by atoms with Gasteiger partial charge in [0.15, 0.2) is 5.25 Å². The summed E-state index contributed by atoms with van der Waals surface area (Å²) in [5.41, 5.74) is 3.18. The third kappa shape index (κ3) is 6.21. The molecule has 2 heterocycles. The minimum Gasteiger partial charge on any atom is -0.490 e. The van der Waals surface area contributed by atoms with Gasteiger partial charge in [0, 0.05) is 50.3 Å². The van der Waals surface area contributed by atoms with E-state index in [9.17, 15) is 18.0 Å². The van der Waals surface area contributed by atoms with Gasteiger partial charge in [-0.15, -0.1) is 0 Å². The molecule has 0 radical (unpaired) electrons. The predicted molar refractivity (Wildman–Crippen MR) is 174 cm³/mol. The lowest BCUT2D eigenvalue weighted by atomic mass is 9.68. The van der Waals surface area contributed by atoms with Crippen LogP contribution >= 0.6 is 11.6 Å². The Balaban J connectivity index is 1.43. The number of amides is 2. The van der Waals surface area contributed by atoms with Crippen LogP contribution in [-0.2, 0) is 31.4 Å². The van der Waals surface area contributed by atoms with Crippen LogP contribution in [0.3, 0.4) is 0 Å². The number of halogens is 1. The average Bonchev–Trinajstić information content (AvgIpc) is 3.14. The van der Waals surface area contributed by atoms with Gasteiger partial charge in [-0.05, 0) is 98.2 Å². The van der Waals surface area contributed by atoms with Crippen LogP contribution in [0, 0.1) is 11.8 Å². The van der Waals surface area contributed by atoms with E-state index in [1.54, 1.807) is 25.3 Å². The van der Waals surface area contributed by atoms with Gasteiger partial charge in [-0.25, -0.2) is 13.1 Å². The van der Waals surface area contributed by atoms with Crippen LogP contribution in [0.2, 0.25) is 5.02 Å². The highest BCUT2D eigenvalue weighted by Gasteiger charge is 2.44. The predicted octanol–water partition coefficient (Wildman–Crippen LogP) is 4.72. The van der Waals surface area contributed by atoms with Crippen molar-refractivity contribution in [3.63, 3.8) is 0 Å². The first kappa shape index (κ1) is 31.9. The van der Waals surface area contributed by atoms with Crippen molar-refractivity contribution < 1.29 is 27.5 Å². The van der Waals surface area contributed by atoms with E-state index in [4.69, 9.17) is 21.1 Å². The average molecular weight is 656 g/mol. The Hall–Kier alpha value is -3.08. The molecule has 0 unspecified atom stereocenters. The molecule has 1 spiro atoms. The molecule has 2 aliphatic heterocycles. The Morgan fingerprint density at radius 2 is 1.98 bits per heavy atom. The monoisotopic (exact) mass is 655 g/mol. The summed E-state index contributed by atoms with van der Waals surface area (Å²) in [6, 6.07) is 11.3. The van der Waals surface area contributed by atoms with Crippen molar-refractivity contribution in [3.8, 4) is 5.75 Å². The molecule has 1 fully saturated rings. The molecule has 9 nitrogen and oxygen atoms in total. The van der Waals surface area contributed by atoms with E-state index in [1.807, 2.05) is 18.2 Å². The first-order valence-electron chi connectivity index (χ1n) is 15.8. The van der Waals surface area contributed by atoms with Crippen LogP contribution in [0.15, 0.2) is 48.6 Å². The zero-order chi connectivity index (χ0) is 31.9. The minimum atomic E-state index is -4.33. The number of methoxy groups -OCH3 is 1. The number of rotatable bonds is 2. The molecular formula is C34H42ClN3O6S. The van der Waals surface area contributed by atoms with E-state index in [2.05, 4.69) is 21.8 Å². The highest BCUT2D eigenvalue weighted by molar-refractivity contribution is 7.91. The summed E-state index contributed by atoms with van der Waals surface area (Å²) in [4.78, 5) is 30.1. The number of carbonyl (C=O) groups excluding carboxylic acids is 2. The summed E-state index contributed by atoms with van der Waals surface area (Å²) in [5, 5.41) is -0.684. The lowest BCUT2D eigenvalue weighted by Gasteiger charge is -2.46. The molecule has 2 aromatic carbocycles. The number of allylic oxidation sites excluding steroid dienone is 1. The molecule has 2 amide bonds. The van der Waals surface area contributed by atoms with Gasteiger partial charge < -0.3 is 19.3 Å². The maximum atomic E-state index is 13.5. The summed E-state index contributed by atoms with van der Waals surface area (Å²) < 4.78 is 41.7. The van der Waals surface area contributed by atoms with Crippen LogP contribution in [-0.4, -0.2) is 77.4 Å². The van der Waals surface area contributed by atoms with E-state index in [1.165, 1.54) is 30.1 Å². The molecule has 0 saturated heterocycles. The Morgan fingerprint density at radius 3 is 2.71 bits per heavy atom. The Bertz CT molecular complexity index is 1610. The van der Waals surface area contributed by atoms with E-state index < -0.39 is 27.1 Å². The number of hydrogen-bond acceptors (Lipinski definition) is 7. The second-order valence-corrected chi connectivity index (χ2v) is 15.5. The van der Waals surface area contributed by atoms with Crippen LogP contribution < -0.4 is 14.4 Å². The number of aryl methyl sites for hydroxylation is 1. The van der Waals surface area contributed by atoms with Gasteiger partial charge in [-0.2, -0.15) is 0 Å². The van der Waals surface area contributed by atoms with E-state index in [-0.39, 0.29) is 29.4 Å². The fourth-order valence-electron chi connectivity index (χ4n) is 7.63. The van der Waals surface area contributed by atoms with Crippen molar-refractivity contribution in [3.05, 3.63) is 70.3 Å². The molecule has 2 bridgehead atoms. The fraction of sp³-hybridized carbons (Fsp3) is 0.529. The van der Waals surface area contributed by atoms with E-state index in [0.717, 1.165) is 49.4 Å². The maximum Gasteiger partial charge on any atom is 0.264 e. The molecule has 6 rings (SSSR count). The van der Waals surface area contributed by atoms with Gasteiger partial charge >= 0.3 is 0 Å². The highest BCUT2D eigenvalue weighted by Crippen LogP contribution is 2.47. The number of nitrogens with one attached hydrogen (secondary N) is 1. The highest BCUT2D eigenvalue weighted by atomic mass is 35.5. The quantitative estimate of drug-likeness (QED) is 0.467. The molecule has 2 aliphatic carbocycles. The number of anilines is 1. The van der Waals surface area contributed by atoms with Crippen molar-refractivity contribution in [1.29, 1.82) is 0 Å². The molecule has 5 atom stereocenters. The van der Waals surface area contributed by atoms with Crippen molar-refractivity contribution in [2.75, 3.05) is 45.8 Å². The van der Waals surface area contributed by atoms with Crippen LogP contribution in [0.4, 0.5) is 5.69 Å². The van der Waals surface area contributed by atoms with Crippen LogP contribution in [0.25, 0.3) is 0 Å². The number of nitrogens with zero attached hydrogens (tertiary/aromatic N) is 2. The minimum absolute atomic E-state index is 0.0429. The van der Waals surface area contributed by atoms with Gasteiger partial charge in [-0.3, -0.25) is 9.59 Å². The standard InChI is InChI=1S/C34H42ClN3O6S/c1-37(2)33(40)31-9-5-4-8-29(43-3)26-13-10-24(26)19-38-20-34(16-6-7-22-17-25(35)12-14-27(22)34)21-44-30-15-11-23(18-28(30)38)32(39)36-45(31,41)42/h4,8,11-12,14-15,17-18,24,26,29,31H,5-7,9-10,13,16,19-21H2,1-3H3,(H,36,39)/b8-4+/t24-,26+,29-,31-,34-/m0/s1. The number of hydrogen-bond donors (Lipinski definition) is 1. The summed E-state index contributed by atoms with van der Waals surface area (Å²) in [7, 11) is 0.403. The number of benzene rings is 2. The molecule has 0 aromatic heterocycles. The summed E-state index contributed by atoms with van der Waals surface area (Å²) in [5.74, 6) is -0.0462. The topological polar surface area (TPSA) is 105 Å². The lowest BCUT2D eigenvalue weighted by molar-refractivity contribution is -0.128. The molecular weight excluding hydrogens is 614 g/mol. The van der Waals surface area contributed by atoms with Gasteiger partial charge in [-0.1, -0.05) is 29.8 Å². The number of carbonyl (C=O) groups is 2. The summed E-state index contributed by atoms with van der Waals surface area (Å²) in [6.07, 6.45) is 9.19. The molecule has 1 saturated carbocycles. The van der Waals surface area contributed by atoms with Crippen LogP contribution in [0.5, 0.6) is 5.75 Å². The first-order valence-corrected chi connectivity index (χ1v) is 17.7. The zero-order valence-corrected chi connectivity index (χ0v) is 27.7. The van der Waals surface area contributed by atoms with E-state index >= 15 is 0 Å². The van der Waals surface area contributed by atoms with Crippen LogP contribution in [0.1, 0.15) is 60.0 Å².